The normalized spacial score (nSPS) is 17.3. The number of hydrogen-bond acceptors (Lipinski definition) is 6. The van der Waals surface area contributed by atoms with Gasteiger partial charge in [0.05, 0.1) is 11.9 Å². The van der Waals surface area contributed by atoms with Crippen LogP contribution < -0.4 is 5.32 Å². The van der Waals surface area contributed by atoms with E-state index < -0.39 is 5.60 Å². The number of ether oxygens (including phenoxy) is 1. The van der Waals surface area contributed by atoms with E-state index in [0.29, 0.717) is 13.1 Å². The Morgan fingerprint density at radius 1 is 1.21 bits per heavy atom. The molecule has 0 bridgehead atoms. The van der Waals surface area contributed by atoms with Crippen LogP contribution in [0.4, 0.5) is 10.6 Å². The van der Waals surface area contributed by atoms with E-state index >= 15 is 0 Å². The van der Waals surface area contributed by atoms with Gasteiger partial charge in [0.25, 0.3) is 0 Å². The number of carbonyl (C=O) groups excluding carboxylic acids is 1. The number of carbonyl (C=O) groups is 1. The molecule has 0 radical (unpaired) electrons. The van der Waals surface area contributed by atoms with E-state index in [4.69, 9.17) is 9.84 Å². The summed E-state index contributed by atoms with van der Waals surface area (Å²) in [4.78, 5) is 22.7. The summed E-state index contributed by atoms with van der Waals surface area (Å²) in [7, 11) is 0. The average molecular weight is 394 g/mol. The third kappa shape index (κ3) is 4.47. The molecule has 8 nitrogen and oxygen atoms in total. The molecule has 1 fully saturated rings. The quantitative estimate of drug-likeness (QED) is 0.731. The molecule has 0 aromatic carbocycles. The van der Waals surface area contributed by atoms with Crippen molar-refractivity contribution >= 4 is 17.6 Å². The average Bonchev–Trinajstić information content (AvgIpc) is 3.11. The number of pyridine rings is 1. The lowest BCUT2D eigenvalue weighted by Gasteiger charge is -2.34. The van der Waals surface area contributed by atoms with Crippen molar-refractivity contribution in [3.05, 3.63) is 42.9 Å². The number of likely N-dealkylation sites (tertiary alicyclic amines) is 1. The van der Waals surface area contributed by atoms with Gasteiger partial charge in [-0.2, -0.15) is 0 Å². The minimum absolute atomic E-state index is 0.120. The maximum absolute atomic E-state index is 12.4. The van der Waals surface area contributed by atoms with Gasteiger partial charge >= 0.3 is 6.09 Å². The Morgan fingerprint density at radius 3 is 2.76 bits per heavy atom. The van der Waals surface area contributed by atoms with Crippen molar-refractivity contribution in [1.29, 1.82) is 0 Å². The SMILES string of the molecule is CC(C)(C)OC(=O)N1CCCC(Nc2ccc3ncc(-c4ccncc4)n3n2)C1. The number of fused-ring (bicyclic) bond motifs is 1. The van der Waals surface area contributed by atoms with Crippen LogP contribution >= 0.6 is 0 Å². The van der Waals surface area contributed by atoms with E-state index in [1.165, 1.54) is 0 Å². The number of imidazole rings is 1. The summed E-state index contributed by atoms with van der Waals surface area (Å²) in [5.41, 5.74) is 2.20. The van der Waals surface area contributed by atoms with Crippen LogP contribution in [-0.4, -0.2) is 55.3 Å². The molecule has 152 valence electrons. The molecule has 1 aliphatic heterocycles. The summed E-state index contributed by atoms with van der Waals surface area (Å²) >= 11 is 0. The van der Waals surface area contributed by atoms with Gasteiger partial charge in [0, 0.05) is 37.1 Å². The summed E-state index contributed by atoms with van der Waals surface area (Å²) in [5, 5.41) is 8.19. The first-order chi connectivity index (χ1) is 13.9. The molecule has 3 aromatic rings. The second-order valence-corrected chi connectivity index (χ2v) is 8.28. The zero-order valence-electron chi connectivity index (χ0n) is 17.0. The molecule has 0 aliphatic carbocycles. The Hall–Kier alpha value is -3.16. The maximum atomic E-state index is 12.4. The number of amides is 1. The fourth-order valence-electron chi connectivity index (χ4n) is 3.47. The van der Waals surface area contributed by atoms with Crippen LogP contribution in [-0.2, 0) is 4.74 Å². The van der Waals surface area contributed by atoms with Crippen LogP contribution in [0.5, 0.6) is 0 Å². The van der Waals surface area contributed by atoms with Gasteiger partial charge in [0.15, 0.2) is 5.65 Å². The van der Waals surface area contributed by atoms with Gasteiger partial charge in [0.1, 0.15) is 11.4 Å². The lowest BCUT2D eigenvalue weighted by Crippen LogP contribution is -2.47. The molecule has 1 saturated heterocycles. The number of rotatable bonds is 3. The lowest BCUT2D eigenvalue weighted by atomic mass is 10.1. The maximum Gasteiger partial charge on any atom is 0.410 e. The van der Waals surface area contributed by atoms with Crippen molar-refractivity contribution in [1.82, 2.24) is 24.5 Å². The third-order valence-electron chi connectivity index (χ3n) is 4.76. The Balaban J connectivity index is 1.50. The molecule has 1 amide bonds. The fraction of sp³-hybridized carbons (Fsp3) is 0.429. The summed E-state index contributed by atoms with van der Waals surface area (Å²) < 4.78 is 7.34. The smallest absolute Gasteiger partial charge is 0.410 e. The highest BCUT2D eigenvalue weighted by Crippen LogP contribution is 2.22. The summed E-state index contributed by atoms with van der Waals surface area (Å²) in [6, 6.07) is 7.85. The number of nitrogens with zero attached hydrogens (tertiary/aromatic N) is 5. The van der Waals surface area contributed by atoms with Gasteiger partial charge in [-0.25, -0.2) is 14.3 Å². The molecule has 3 aromatic heterocycles. The molecule has 29 heavy (non-hydrogen) atoms. The highest BCUT2D eigenvalue weighted by Gasteiger charge is 2.27. The predicted molar refractivity (Wildman–Crippen MR) is 111 cm³/mol. The van der Waals surface area contributed by atoms with Crippen molar-refractivity contribution < 1.29 is 9.53 Å². The van der Waals surface area contributed by atoms with E-state index in [0.717, 1.165) is 35.6 Å². The van der Waals surface area contributed by atoms with E-state index in [9.17, 15) is 4.79 Å². The predicted octanol–water partition coefficient (Wildman–Crippen LogP) is 3.60. The van der Waals surface area contributed by atoms with Crippen LogP contribution in [0.1, 0.15) is 33.6 Å². The highest BCUT2D eigenvalue weighted by atomic mass is 16.6. The first kappa shape index (κ1) is 19.2. The molecular formula is C21H26N6O2. The minimum Gasteiger partial charge on any atom is -0.444 e. The Bertz CT molecular complexity index is 995. The van der Waals surface area contributed by atoms with Gasteiger partial charge in [-0.15, -0.1) is 5.10 Å². The Morgan fingerprint density at radius 2 is 2.00 bits per heavy atom. The van der Waals surface area contributed by atoms with E-state index in [1.807, 2.05) is 55.7 Å². The first-order valence-electron chi connectivity index (χ1n) is 9.89. The van der Waals surface area contributed by atoms with Gasteiger partial charge in [0.2, 0.25) is 0 Å². The van der Waals surface area contributed by atoms with Crippen molar-refractivity contribution in [2.45, 2.75) is 45.3 Å². The summed E-state index contributed by atoms with van der Waals surface area (Å²) in [5.74, 6) is 0.752. The molecule has 1 atom stereocenters. The largest absolute Gasteiger partial charge is 0.444 e. The monoisotopic (exact) mass is 394 g/mol. The first-order valence-corrected chi connectivity index (χ1v) is 9.89. The van der Waals surface area contributed by atoms with Crippen molar-refractivity contribution in [2.24, 2.45) is 0 Å². The molecule has 8 heteroatoms. The summed E-state index contributed by atoms with van der Waals surface area (Å²) in [6.07, 6.45) is 6.95. The van der Waals surface area contributed by atoms with Crippen LogP contribution in [0.15, 0.2) is 42.9 Å². The topological polar surface area (TPSA) is 84.6 Å². The number of nitrogens with one attached hydrogen (secondary N) is 1. The number of hydrogen-bond donors (Lipinski definition) is 1. The van der Waals surface area contributed by atoms with Crippen LogP contribution in [0, 0.1) is 0 Å². The third-order valence-corrected chi connectivity index (χ3v) is 4.76. The van der Waals surface area contributed by atoms with Gasteiger partial charge in [-0.3, -0.25) is 4.98 Å². The standard InChI is InChI=1S/C21H26N6O2/c1-21(2,3)29-20(28)26-12-4-5-16(14-26)24-18-6-7-19-23-13-17(27(19)25-18)15-8-10-22-11-9-15/h6-11,13,16H,4-5,12,14H2,1-3H3,(H,24,25). The molecule has 4 heterocycles. The van der Waals surface area contributed by atoms with Gasteiger partial charge in [-0.05, 0) is 57.9 Å². The van der Waals surface area contributed by atoms with E-state index in [1.54, 1.807) is 17.3 Å². The van der Waals surface area contributed by atoms with Crippen LogP contribution in [0.2, 0.25) is 0 Å². The molecule has 4 rings (SSSR count). The van der Waals surface area contributed by atoms with E-state index in [2.05, 4.69) is 15.3 Å². The number of aromatic nitrogens is 4. The van der Waals surface area contributed by atoms with Crippen molar-refractivity contribution in [3.63, 3.8) is 0 Å². The van der Waals surface area contributed by atoms with Crippen LogP contribution in [0.3, 0.4) is 0 Å². The second kappa shape index (κ2) is 7.69. The molecule has 1 N–H and O–H groups in total. The highest BCUT2D eigenvalue weighted by molar-refractivity contribution is 5.68. The molecule has 1 aliphatic rings. The Kier molecular flexibility index (Phi) is 5.08. The molecule has 0 saturated carbocycles. The van der Waals surface area contributed by atoms with Crippen molar-refractivity contribution in [3.8, 4) is 11.3 Å². The Labute approximate surface area is 169 Å². The lowest BCUT2D eigenvalue weighted by molar-refractivity contribution is 0.0206. The van der Waals surface area contributed by atoms with Gasteiger partial charge in [-0.1, -0.05) is 0 Å². The molecule has 1 unspecified atom stereocenters. The minimum atomic E-state index is -0.491. The van der Waals surface area contributed by atoms with Gasteiger partial charge < -0.3 is 15.0 Å². The molecular weight excluding hydrogens is 368 g/mol. The van der Waals surface area contributed by atoms with Crippen molar-refractivity contribution in [2.75, 3.05) is 18.4 Å². The zero-order chi connectivity index (χ0) is 20.4. The fourth-order valence-corrected chi connectivity index (χ4v) is 3.47. The second-order valence-electron chi connectivity index (χ2n) is 8.28. The van der Waals surface area contributed by atoms with E-state index in [-0.39, 0.29) is 12.1 Å². The number of piperidine rings is 1. The zero-order valence-corrected chi connectivity index (χ0v) is 17.0. The van der Waals surface area contributed by atoms with Crippen LogP contribution in [0.25, 0.3) is 16.9 Å². The number of anilines is 1. The summed E-state index contributed by atoms with van der Waals surface area (Å²) in [6.45, 7) is 6.96. The molecule has 0 spiro atoms.